The fourth-order valence-electron chi connectivity index (χ4n) is 2.55. The third-order valence-corrected chi connectivity index (χ3v) is 4.08. The molecule has 0 bridgehead atoms. The first-order valence-electron chi connectivity index (χ1n) is 7.96. The molecule has 4 N–H and O–H groups in total. The summed E-state index contributed by atoms with van der Waals surface area (Å²) in [7, 11) is 0. The van der Waals surface area contributed by atoms with Gasteiger partial charge < -0.3 is 20.6 Å². The Morgan fingerprint density at radius 1 is 1.04 bits per heavy atom. The molecule has 124 valence electrons. The summed E-state index contributed by atoms with van der Waals surface area (Å²) in [5, 5.41) is 32.5. The van der Waals surface area contributed by atoms with Crippen LogP contribution in [0.2, 0.25) is 0 Å². The van der Waals surface area contributed by atoms with Gasteiger partial charge in [0.25, 0.3) is 0 Å². The highest BCUT2D eigenvalue weighted by Crippen LogP contribution is 2.23. The second kappa shape index (κ2) is 7.99. The van der Waals surface area contributed by atoms with Gasteiger partial charge >= 0.3 is 0 Å². The summed E-state index contributed by atoms with van der Waals surface area (Å²) in [6.45, 7) is 4.57. The number of aryl methyl sites for hydroxylation is 2. The molecule has 4 nitrogen and oxygen atoms in total. The average Bonchev–Trinajstić information content (AvgIpc) is 2.55. The van der Waals surface area contributed by atoms with Gasteiger partial charge in [0.05, 0.1) is 6.10 Å². The number of aromatic hydroxyl groups is 2. The van der Waals surface area contributed by atoms with Crippen molar-refractivity contribution in [2.75, 3.05) is 6.54 Å². The van der Waals surface area contributed by atoms with Crippen LogP contribution in [0.4, 0.5) is 0 Å². The van der Waals surface area contributed by atoms with Crippen LogP contribution in [-0.4, -0.2) is 27.9 Å². The van der Waals surface area contributed by atoms with E-state index < -0.39 is 6.10 Å². The molecule has 2 aromatic carbocycles. The predicted molar refractivity (Wildman–Crippen MR) is 91.7 cm³/mol. The van der Waals surface area contributed by atoms with Crippen LogP contribution in [0.25, 0.3) is 0 Å². The lowest BCUT2D eigenvalue weighted by molar-refractivity contribution is 0.136. The number of benzene rings is 2. The number of rotatable bonds is 7. The van der Waals surface area contributed by atoms with E-state index in [-0.39, 0.29) is 17.5 Å². The van der Waals surface area contributed by atoms with Crippen molar-refractivity contribution in [1.29, 1.82) is 0 Å². The number of phenols is 2. The van der Waals surface area contributed by atoms with Crippen molar-refractivity contribution in [3.63, 3.8) is 0 Å². The van der Waals surface area contributed by atoms with Crippen LogP contribution in [0, 0.1) is 6.92 Å². The molecule has 2 aromatic rings. The maximum atomic E-state index is 10.4. The summed E-state index contributed by atoms with van der Waals surface area (Å²) >= 11 is 0. The molecule has 0 fully saturated rings. The summed E-state index contributed by atoms with van der Waals surface area (Å²) < 4.78 is 0. The maximum absolute atomic E-state index is 10.4. The Bertz CT molecular complexity index is 625. The van der Waals surface area contributed by atoms with E-state index in [1.54, 1.807) is 24.3 Å². The minimum atomic E-state index is -0.608. The summed E-state index contributed by atoms with van der Waals surface area (Å²) in [6.07, 6.45) is 1.27. The zero-order valence-electron chi connectivity index (χ0n) is 13.7. The van der Waals surface area contributed by atoms with Gasteiger partial charge in [-0.1, -0.05) is 18.2 Å². The summed E-state index contributed by atoms with van der Waals surface area (Å²) in [4.78, 5) is 0. The molecule has 0 aliphatic carbocycles. The van der Waals surface area contributed by atoms with E-state index in [0.29, 0.717) is 0 Å². The van der Waals surface area contributed by atoms with Gasteiger partial charge in [0.2, 0.25) is 0 Å². The van der Waals surface area contributed by atoms with Gasteiger partial charge in [0.15, 0.2) is 0 Å². The SMILES string of the molecule is Cc1cc(C(O)C(C)NCCCc2ccc(O)cc2)ccc1O. The van der Waals surface area contributed by atoms with E-state index in [9.17, 15) is 15.3 Å². The van der Waals surface area contributed by atoms with Gasteiger partial charge in [-0.25, -0.2) is 0 Å². The number of hydrogen-bond donors (Lipinski definition) is 4. The first-order valence-corrected chi connectivity index (χ1v) is 7.96. The molecule has 0 aliphatic heterocycles. The normalized spacial score (nSPS) is 13.7. The molecule has 0 amide bonds. The molecule has 0 radical (unpaired) electrons. The van der Waals surface area contributed by atoms with Crippen LogP contribution in [0.3, 0.4) is 0 Å². The Morgan fingerprint density at radius 3 is 2.39 bits per heavy atom. The summed E-state index contributed by atoms with van der Waals surface area (Å²) in [5.74, 6) is 0.531. The van der Waals surface area contributed by atoms with Gasteiger partial charge in [-0.3, -0.25) is 0 Å². The van der Waals surface area contributed by atoms with Crippen LogP contribution in [-0.2, 0) is 6.42 Å². The molecule has 0 saturated carbocycles. The molecule has 0 aliphatic rings. The molecular weight excluding hydrogens is 290 g/mol. The topological polar surface area (TPSA) is 72.7 Å². The standard InChI is InChI=1S/C19H25NO3/c1-13-12-16(7-10-18(13)22)19(23)14(2)20-11-3-4-15-5-8-17(21)9-6-15/h5-10,12,14,19-23H,3-4,11H2,1-2H3. The first-order chi connectivity index (χ1) is 11.0. The van der Waals surface area contributed by atoms with Crippen LogP contribution >= 0.6 is 0 Å². The fraction of sp³-hybridized carbons (Fsp3) is 0.368. The Kier molecular flexibility index (Phi) is 6.02. The van der Waals surface area contributed by atoms with Crippen molar-refractivity contribution in [3.8, 4) is 11.5 Å². The molecular formula is C19H25NO3. The van der Waals surface area contributed by atoms with Crippen molar-refractivity contribution in [1.82, 2.24) is 5.32 Å². The number of aliphatic hydroxyl groups excluding tert-OH is 1. The second-order valence-corrected chi connectivity index (χ2v) is 6.00. The number of phenolic OH excluding ortho intramolecular Hbond substituents is 2. The number of hydrogen-bond acceptors (Lipinski definition) is 4. The molecule has 4 heteroatoms. The number of aliphatic hydroxyl groups is 1. The zero-order chi connectivity index (χ0) is 16.8. The Morgan fingerprint density at radius 2 is 1.74 bits per heavy atom. The minimum absolute atomic E-state index is 0.0706. The highest BCUT2D eigenvalue weighted by Gasteiger charge is 2.16. The molecule has 23 heavy (non-hydrogen) atoms. The van der Waals surface area contributed by atoms with Gasteiger partial charge in [-0.15, -0.1) is 0 Å². The molecule has 2 unspecified atom stereocenters. The molecule has 0 saturated heterocycles. The lowest BCUT2D eigenvalue weighted by atomic mass is 10.0. The van der Waals surface area contributed by atoms with Crippen LogP contribution < -0.4 is 5.32 Å². The van der Waals surface area contributed by atoms with E-state index in [0.717, 1.165) is 30.5 Å². The largest absolute Gasteiger partial charge is 0.508 e. The molecule has 0 spiro atoms. The summed E-state index contributed by atoms with van der Waals surface area (Å²) in [6, 6.07) is 12.4. The smallest absolute Gasteiger partial charge is 0.118 e. The van der Waals surface area contributed by atoms with E-state index in [4.69, 9.17) is 0 Å². The Labute approximate surface area is 137 Å². The maximum Gasteiger partial charge on any atom is 0.118 e. The molecule has 2 atom stereocenters. The average molecular weight is 315 g/mol. The van der Waals surface area contributed by atoms with Crippen molar-refractivity contribution in [2.45, 2.75) is 38.8 Å². The van der Waals surface area contributed by atoms with E-state index in [1.165, 1.54) is 5.56 Å². The highest BCUT2D eigenvalue weighted by atomic mass is 16.3. The summed E-state index contributed by atoms with van der Waals surface area (Å²) in [5.41, 5.74) is 2.76. The van der Waals surface area contributed by atoms with Crippen LogP contribution in [0.1, 0.15) is 36.1 Å². The van der Waals surface area contributed by atoms with Crippen LogP contribution in [0.5, 0.6) is 11.5 Å². The minimum Gasteiger partial charge on any atom is -0.508 e. The monoisotopic (exact) mass is 315 g/mol. The second-order valence-electron chi connectivity index (χ2n) is 6.00. The van der Waals surface area contributed by atoms with Crippen molar-refractivity contribution >= 4 is 0 Å². The molecule has 0 aromatic heterocycles. The van der Waals surface area contributed by atoms with Crippen LogP contribution in [0.15, 0.2) is 42.5 Å². The molecule has 0 heterocycles. The van der Waals surface area contributed by atoms with Gasteiger partial charge in [0.1, 0.15) is 11.5 Å². The fourth-order valence-corrected chi connectivity index (χ4v) is 2.55. The van der Waals surface area contributed by atoms with E-state index in [2.05, 4.69) is 5.32 Å². The zero-order valence-corrected chi connectivity index (χ0v) is 13.7. The third kappa shape index (κ3) is 4.98. The Balaban J connectivity index is 1.78. The van der Waals surface area contributed by atoms with Gasteiger partial charge in [0, 0.05) is 6.04 Å². The van der Waals surface area contributed by atoms with Gasteiger partial charge in [-0.05, 0) is 74.2 Å². The molecule has 2 rings (SSSR count). The lowest BCUT2D eigenvalue weighted by Crippen LogP contribution is -2.33. The number of nitrogens with one attached hydrogen (secondary N) is 1. The van der Waals surface area contributed by atoms with E-state index >= 15 is 0 Å². The van der Waals surface area contributed by atoms with E-state index in [1.807, 2.05) is 32.0 Å². The van der Waals surface area contributed by atoms with Crippen molar-refractivity contribution in [3.05, 3.63) is 59.2 Å². The lowest BCUT2D eigenvalue weighted by Gasteiger charge is -2.21. The highest BCUT2D eigenvalue weighted by molar-refractivity contribution is 5.36. The van der Waals surface area contributed by atoms with Crippen molar-refractivity contribution < 1.29 is 15.3 Å². The van der Waals surface area contributed by atoms with Crippen molar-refractivity contribution in [2.24, 2.45) is 0 Å². The first kappa shape index (κ1) is 17.3. The predicted octanol–water partition coefficient (Wildman–Crippen LogP) is 3.05. The third-order valence-electron chi connectivity index (χ3n) is 4.08. The Hall–Kier alpha value is -2.04. The quantitative estimate of drug-likeness (QED) is 0.593. The van der Waals surface area contributed by atoms with Gasteiger partial charge in [-0.2, -0.15) is 0 Å².